The first-order valence-electron chi connectivity index (χ1n) is 4.77. The van der Waals surface area contributed by atoms with Crippen LogP contribution in [0.4, 0.5) is 17.6 Å². The van der Waals surface area contributed by atoms with Crippen molar-refractivity contribution in [2.24, 2.45) is 0 Å². The maximum Gasteiger partial charge on any atom is 1.00 e. The van der Waals surface area contributed by atoms with Crippen LogP contribution in [0.2, 0.25) is 0 Å². The van der Waals surface area contributed by atoms with Crippen LogP contribution in [0, 0.1) is 0 Å². The summed E-state index contributed by atoms with van der Waals surface area (Å²) in [6.45, 7) is 1.80. The number of unbranched alkanes of at least 4 members (excludes halogenated alkanes) is 3. The van der Waals surface area contributed by atoms with Crippen molar-refractivity contribution in [3.63, 3.8) is 0 Å². The molecule has 0 aliphatic heterocycles. The van der Waals surface area contributed by atoms with Gasteiger partial charge in [-0.15, -0.1) is 0 Å². The SMILES string of the molecule is CCCCCCC(F)(F)C(F)(F)S(=O)(=O)[O-].[Li+]. The number of hydrogen-bond donors (Lipinski definition) is 0. The molecule has 0 saturated heterocycles. The van der Waals surface area contributed by atoms with Gasteiger partial charge >= 0.3 is 30.0 Å². The summed E-state index contributed by atoms with van der Waals surface area (Å²) in [4.78, 5) is 0. The average molecular weight is 272 g/mol. The van der Waals surface area contributed by atoms with Crippen LogP contribution in [0.5, 0.6) is 0 Å². The third-order valence-corrected chi connectivity index (χ3v) is 3.01. The summed E-state index contributed by atoms with van der Waals surface area (Å²) in [5.74, 6) is -4.80. The van der Waals surface area contributed by atoms with Gasteiger partial charge in [-0.2, -0.15) is 17.6 Å². The van der Waals surface area contributed by atoms with Crippen LogP contribution < -0.4 is 18.9 Å². The van der Waals surface area contributed by atoms with Crippen LogP contribution in [0.25, 0.3) is 0 Å². The molecule has 0 aliphatic rings. The summed E-state index contributed by atoms with van der Waals surface area (Å²) in [7, 11) is -6.34. The Morgan fingerprint density at radius 2 is 1.53 bits per heavy atom. The molecule has 17 heavy (non-hydrogen) atoms. The summed E-state index contributed by atoms with van der Waals surface area (Å²) in [6, 6.07) is 0. The van der Waals surface area contributed by atoms with Crippen molar-refractivity contribution in [1.29, 1.82) is 0 Å². The van der Waals surface area contributed by atoms with Gasteiger partial charge in [0.25, 0.3) is 0 Å². The fraction of sp³-hybridized carbons (Fsp3) is 1.00. The van der Waals surface area contributed by atoms with Crippen LogP contribution in [-0.4, -0.2) is 24.1 Å². The molecule has 98 valence electrons. The van der Waals surface area contributed by atoms with E-state index in [1.54, 1.807) is 6.92 Å². The third-order valence-electron chi connectivity index (χ3n) is 2.08. The van der Waals surface area contributed by atoms with E-state index >= 15 is 0 Å². The fourth-order valence-corrected chi connectivity index (χ4v) is 1.57. The second kappa shape index (κ2) is 6.97. The molecule has 0 unspecified atom stereocenters. The summed E-state index contributed by atoms with van der Waals surface area (Å²) in [5.41, 5.74) is 0. The van der Waals surface area contributed by atoms with E-state index in [9.17, 15) is 30.5 Å². The fourth-order valence-electron chi connectivity index (χ4n) is 1.10. The Bertz CT molecular complexity index is 319. The number of alkyl halides is 4. The third kappa shape index (κ3) is 5.16. The molecule has 0 aromatic carbocycles. The van der Waals surface area contributed by atoms with Gasteiger partial charge in [-0.25, -0.2) is 8.42 Å². The molecule has 0 fully saturated rings. The normalized spacial score (nSPS) is 13.3. The van der Waals surface area contributed by atoms with Gasteiger partial charge in [0.15, 0.2) is 10.1 Å². The summed E-state index contributed by atoms with van der Waals surface area (Å²) >= 11 is 0. The van der Waals surface area contributed by atoms with E-state index in [0.717, 1.165) is 6.42 Å². The van der Waals surface area contributed by atoms with Crippen molar-refractivity contribution in [3.05, 3.63) is 0 Å². The Morgan fingerprint density at radius 1 is 1.06 bits per heavy atom. The van der Waals surface area contributed by atoms with Crippen LogP contribution in [0.1, 0.15) is 39.0 Å². The standard InChI is InChI=1S/C8H14F4O3S.Li/c1-2-3-4-5-6-7(9,10)8(11,12)16(13,14)15;/h2-6H2,1H3,(H,13,14,15);/q;+1/p-1. The minimum atomic E-state index is -6.34. The van der Waals surface area contributed by atoms with E-state index in [1.807, 2.05) is 0 Å². The zero-order chi connectivity index (χ0) is 13.0. The van der Waals surface area contributed by atoms with Gasteiger partial charge in [-0.05, 0) is 6.42 Å². The smallest absolute Gasteiger partial charge is 0.743 e. The van der Waals surface area contributed by atoms with E-state index in [4.69, 9.17) is 0 Å². The molecule has 3 nitrogen and oxygen atoms in total. The summed E-state index contributed by atoms with van der Waals surface area (Å²) in [5, 5.41) is -5.54. The minimum Gasteiger partial charge on any atom is -0.743 e. The largest absolute Gasteiger partial charge is 1.00 e. The molecule has 0 aromatic heterocycles. The average Bonchev–Trinajstić information content (AvgIpc) is 2.10. The van der Waals surface area contributed by atoms with Crippen molar-refractivity contribution in [2.75, 3.05) is 0 Å². The summed E-state index contributed by atoms with van der Waals surface area (Å²) < 4.78 is 80.7. The van der Waals surface area contributed by atoms with E-state index < -0.39 is 27.7 Å². The molecular weight excluding hydrogens is 259 g/mol. The van der Waals surface area contributed by atoms with Gasteiger partial charge in [0, 0.05) is 6.42 Å². The molecular formula is C8H13F4LiO3S. The molecule has 0 amide bonds. The minimum absolute atomic E-state index is 0. The molecule has 0 aliphatic carbocycles. The Labute approximate surface area is 110 Å². The second-order valence-corrected chi connectivity index (χ2v) is 4.91. The maximum atomic E-state index is 12.8. The Morgan fingerprint density at radius 3 is 1.88 bits per heavy atom. The van der Waals surface area contributed by atoms with Gasteiger partial charge in [0.1, 0.15) is 0 Å². The molecule has 0 heterocycles. The van der Waals surface area contributed by atoms with Crippen molar-refractivity contribution in [2.45, 2.75) is 50.2 Å². The molecule has 0 spiro atoms. The first-order chi connectivity index (χ1) is 7.06. The van der Waals surface area contributed by atoms with E-state index in [2.05, 4.69) is 0 Å². The number of halogens is 4. The summed E-state index contributed by atoms with van der Waals surface area (Å²) in [6.07, 6.45) is 0.0576. The van der Waals surface area contributed by atoms with Crippen LogP contribution in [0.15, 0.2) is 0 Å². The predicted molar refractivity (Wildman–Crippen MR) is 48.4 cm³/mol. The Balaban J connectivity index is 0. The maximum absolute atomic E-state index is 12.8. The van der Waals surface area contributed by atoms with Crippen LogP contribution in [-0.2, 0) is 10.1 Å². The molecule has 0 radical (unpaired) electrons. The van der Waals surface area contributed by atoms with Crippen molar-refractivity contribution in [1.82, 2.24) is 0 Å². The predicted octanol–water partition coefficient (Wildman–Crippen LogP) is -0.266. The van der Waals surface area contributed by atoms with Crippen molar-refractivity contribution < 1.29 is 49.4 Å². The Hall–Kier alpha value is 0.227. The van der Waals surface area contributed by atoms with Gasteiger partial charge in [0.05, 0.1) is 0 Å². The quantitative estimate of drug-likeness (QED) is 0.277. The van der Waals surface area contributed by atoms with Crippen LogP contribution in [0.3, 0.4) is 0 Å². The van der Waals surface area contributed by atoms with E-state index in [0.29, 0.717) is 12.8 Å². The first kappa shape index (κ1) is 19.6. The van der Waals surface area contributed by atoms with Gasteiger partial charge in [0.2, 0.25) is 0 Å². The zero-order valence-corrected chi connectivity index (χ0v) is 10.5. The molecule has 0 bridgehead atoms. The topological polar surface area (TPSA) is 57.2 Å². The molecule has 0 saturated carbocycles. The molecule has 0 rings (SSSR count). The zero-order valence-electron chi connectivity index (χ0n) is 9.68. The van der Waals surface area contributed by atoms with Crippen LogP contribution >= 0.6 is 0 Å². The monoisotopic (exact) mass is 272 g/mol. The first-order valence-corrected chi connectivity index (χ1v) is 6.18. The van der Waals surface area contributed by atoms with E-state index in [-0.39, 0.29) is 25.3 Å². The molecule has 0 aromatic rings. The van der Waals surface area contributed by atoms with Gasteiger partial charge in [-0.1, -0.05) is 26.2 Å². The van der Waals surface area contributed by atoms with E-state index in [1.165, 1.54) is 0 Å². The van der Waals surface area contributed by atoms with Gasteiger partial charge < -0.3 is 4.55 Å². The molecule has 0 N–H and O–H groups in total. The number of hydrogen-bond acceptors (Lipinski definition) is 3. The molecule has 9 heteroatoms. The van der Waals surface area contributed by atoms with Crippen molar-refractivity contribution >= 4 is 10.1 Å². The van der Waals surface area contributed by atoms with Gasteiger partial charge in [-0.3, -0.25) is 0 Å². The van der Waals surface area contributed by atoms with Crippen molar-refractivity contribution in [3.8, 4) is 0 Å². The second-order valence-electron chi connectivity index (χ2n) is 3.49. The number of rotatable bonds is 7. The molecule has 0 atom stereocenters. The Kier molecular flexibility index (Phi) is 8.03.